The summed E-state index contributed by atoms with van der Waals surface area (Å²) in [6, 6.07) is 8.64. The second-order valence-corrected chi connectivity index (χ2v) is 8.13. The van der Waals surface area contributed by atoms with Crippen LogP contribution in [0.2, 0.25) is 0 Å². The van der Waals surface area contributed by atoms with Gasteiger partial charge in [0, 0.05) is 55.5 Å². The van der Waals surface area contributed by atoms with Gasteiger partial charge in [-0.1, -0.05) is 18.2 Å². The quantitative estimate of drug-likeness (QED) is 0.713. The molecule has 1 unspecified atom stereocenters. The predicted octanol–water partition coefficient (Wildman–Crippen LogP) is 3.27. The number of rotatable bonds is 5. The van der Waals surface area contributed by atoms with E-state index in [-0.39, 0.29) is 17.9 Å². The van der Waals surface area contributed by atoms with Crippen LogP contribution >= 0.6 is 0 Å². The lowest BCUT2D eigenvalue weighted by molar-refractivity contribution is -0.134. The normalized spacial score (nSPS) is 20.7. The van der Waals surface area contributed by atoms with Crippen LogP contribution < -0.4 is 0 Å². The van der Waals surface area contributed by atoms with E-state index < -0.39 is 0 Å². The fourth-order valence-electron chi connectivity index (χ4n) is 5.04. The van der Waals surface area contributed by atoms with Crippen LogP contribution in [0.3, 0.4) is 0 Å². The third-order valence-electron chi connectivity index (χ3n) is 6.52. The average Bonchev–Trinajstić information content (AvgIpc) is 3.20. The van der Waals surface area contributed by atoms with Gasteiger partial charge in [-0.05, 0) is 49.1 Å². The standard InChI is InChI=1S/C24H27N5O/c1-3-28(4-2)24(30)17-10-20-19-6-5-7-21-23(19)16(12-26-21)11-22(20)29(13-17)14-18-8-9-25-15-27-18/h5-10,12,15,17,22,26H,3-4,11,13-14H2,1-2H3/t17-,22?/m1/s1. The Balaban J connectivity index is 1.58. The number of carbonyl (C=O) groups excluding carboxylic acids is 1. The van der Waals surface area contributed by atoms with Crippen molar-refractivity contribution < 1.29 is 4.79 Å². The van der Waals surface area contributed by atoms with E-state index in [0.717, 1.165) is 25.2 Å². The van der Waals surface area contributed by atoms with E-state index in [1.54, 1.807) is 12.5 Å². The zero-order valence-corrected chi connectivity index (χ0v) is 17.5. The van der Waals surface area contributed by atoms with Crippen LogP contribution in [0.4, 0.5) is 0 Å². The summed E-state index contributed by atoms with van der Waals surface area (Å²) in [5, 5.41) is 1.30. The van der Waals surface area contributed by atoms with Gasteiger partial charge in [-0.2, -0.15) is 0 Å². The second kappa shape index (κ2) is 7.69. The fourth-order valence-corrected chi connectivity index (χ4v) is 5.04. The first-order chi connectivity index (χ1) is 14.7. The minimum atomic E-state index is -0.145. The third-order valence-corrected chi connectivity index (χ3v) is 6.52. The summed E-state index contributed by atoms with van der Waals surface area (Å²) in [7, 11) is 0. The van der Waals surface area contributed by atoms with Crippen LogP contribution in [0, 0.1) is 5.92 Å². The van der Waals surface area contributed by atoms with Crippen molar-refractivity contribution in [1.29, 1.82) is 0 Å². The Morgan fingerprint density at radius 3 is 2.90 bits per heavy atom. The molecule has 0 fully saturated rings. The SMILES string of the molecule is CCN(CC)C(=O)[C@@H]1C=C2c3cccc4[nH]cc(c34)CC2N(Cc2ccncn2)C1. The maximum atomic E-state index is 13.3. The summed E-state index contributed by atoms with van der Waals surface area (Å²) >= 11 is 0. The Labute approximate surface area is 176 Å². The first-order valence-electron chi connectivity index (χ1n) is 10.8. The van der Waals surface area contributed by atoms with Gasteiger partial charge in [-0.25, -0.2) is 9.97 Å². The minimum absolute atomic E-state index is 0.145. The number of amides is 1. The minimum Gasteiger partial charge on any atom is -0.361 e. The number of aromatic nitrogens is 3. The summed E-state index contributed by atoms with van der Waals surface area (Å²) in [5.74, 6) is 0.0689. The highest BCUT2D eigenvalue weighted by Gasteiger charge is 2.38. The maximum absolute atomic E-state index is 13.3. The van der Waals surface area contributed by atoms with Crippen molar-refractivity contribution in [2.24, 2.45) is 5.92 Å². The van der Waals surface area contributed by atoms with E-state index in [4.69, 9.17) is 0 Å². The molecule has 0 saturated carbocycles. The van der Waals surface area contributed by atoms with Gasteiger partial charge in [-0.15, -0.1) is 0 Å². The molecule has 0 saturated heterocycles. The molecule has 2 atom stereocenters. The molecule has 3 heterocycles. The van der Waals surface area contributed by atoms with Crippen LogP contribution in [0.1, 0.15) is 30.7 Å². The Bertz CT molecular complexity index is 1100. The number of benzene rings is 1. The van der Waals surface area contributed by atoms with Crippen LogP contribution in [0.5, 0.6) is 0 Å². The highest BCUT2D eigenvalue weighted by atomic mass is 16.2. The number of hydrogen-bond donors (Lipinski definition) is 1. The molecule has 1 amide bonds. The molecule has 6 heteroatoms. The van der Waals surface area contributed by atoms with Gasteiger partial charge in [0.1, 0.15) is 6.33 Å². The lowest BCUT2D eigenvalue weighted by Gasteiger charge is -2.42. The molecule has 5 rings (SSSR count). The zero-order chi connectivity index (χ0) is 20.7. The Morgan fingerprint density at radius 2 is 2.13 bits per heavy atom. The number of H-pyrrole nitrogens is 1. The molecule has 2 aliphatic rings. The molecule has 1 aromatic carbocycles. The van der Waals surface area contributed by atoms with Crippen molar-refractivity contribution in [3.63, 3.8) is 0 Å². The van der Waals surface area contributed by atoms with E-state index >= 15 is 0 Å². The van der Waals surface area contributed by atoms with E-state index in [2.05, 4.69) is 50.3 Å². The predicted molar refractivity (Wildman–Crippen MR) is 118 cm³/mol. The van der Waals surface area contributed by atoms with Gasteiger partial charge in [-0.3, -0.25) is 9.69 Å². The molecule has 0 radical (unpaired) electrons. The summed E-state index contributed by atoms with van der Waals surface area (Å²) in [5.41, 5.74) is 6.03. The topological polar surface area (TPSA) is 65.1 Å². The summed E-state index contributed by atoms with van der Waals surface area (Å²) in [6.45, 7) is 6.99. The first kappa shape index (κ1) is 19.0. The van der Waals surface area contributed by atoms with Gasteiger partial charge < -0.3 is 9.88 Å². The van der Waals surface area contributed by atoms with Gasteiger partial charge >= 0.3 is 0 Å². The van der Waals surface area contributed by atoms with Crippen molar-refractivity contribution in [2.75, 3.05) is 19.6 Å². The maximum Gasteiger partial charge on any atom is 0.230 e. The monoisotopic (exact) mass is 401 g/mol. The van der Waals surface area contributed by atoms with Gasteiger partial charge in [0.05, 0.1) is 11.6 Å². The summed E-state index contributed by atoms with van der Waals surface area (Å²) < 4.78 is 0. The Kier molecular flexibility index (Phi) is 4.87. The third kappa shape index (κ3) is 3.12. The molecule has 3 aromatic rings. The first-order valence-corrected chi connectivity index (χ1v) is 10.8. The molecular formula is C24H27N5O. The number of aromatic amines is 1. The highest BCUT2D eigenvalue weighted by molar-refractivity contribution is 5.99. The molecule has 1 aliphatic heterocycles. The van der Waals surface area contributed by atoms with Crippen molar-refractivity contribution in [3.05, 3.63) is 65.9 Å². The van der Waals surface area contributed by atoms with Crippen LogP contribution in [0.25, 0.3) is 16.5 Å². The number of nitrogens with one attached hydrogen (secondary N) is 1. The average molecular weight is 402 g/mol. The van der Waals surface area contributed by atoms with Crippen LogP contribution in [-0.2, 0) is 17.8 Å². The largest absolute Gasteiger partial charge is 0.361 e. The van der Waals surface area contributed by atoms with Crippen LogP contribution in [0.15, 0.2) is 49.1 Å². The molecule has 0 bridgehead atoms. The number of hydrogen-bond acceptors (Lipinski definition) is 4. The zero-order valence-electron chi connectivity index (χ0n) is 17.5. The molecule has 6 nitrogen and oxygen atoms in total. The molecule has 30 heavy (non-hydrogen) atoms. The molecule has 2 aromatic heterocycles. The Morgan fingerprint density at radius 1 is 1.27 bits per heavy atom. The van der Waals surface area contributed by atoms with E-state index in [1.165, 1.54) is 27.6 Å². The molecule has 0 spiro atoms. The van der Waals surface area contributed by atoms with Crippen LogP contribution in [-0.4, -0.2) is 56.3 Å². The summed E-state index contributed by atoms with van der Waals surface area (Å²) in [4.78, 5) is 29.6. The molecule has 1 aliphatic carbocycles. The molecule has 154 valence electrons. The van der Waals surface area contributed by atoms with Gasteiger partial charge in [0.15, 0.2) is 0 Å². The number of carbonyl (C=O) groups is 1. The van der Waals surface area contributed by atoms with Crippen molar-refractivity contribution in [1.82, 2.24) is 24.8 Å². The summed E-state index contributed by atoms with van der Waals surface area (Å²) in [6.07, 6.45) is 8.71. The van der Waals surface area contributed by atoms with E-state index in [1.807, 2.05) is 24.8 Å². The van der Waals surface area contributed by atoms with Crippen molar-refractivity contribution in [3.8, 4) is 0 Å². The number of nitrogens with zero attached hydrogens (tertiary/aromatic N) is 4. The van der Waals surface area contributed by atoms with E-state index in [9.17, 15) is 4.79 Å². The van der Waals surface area contributed by atoms with Gasteiger partial charge in [0.2, 0.25) is 5.91 Å². The lowest BCUT2D eigenvalue weighted by Crippen LogP contribution is -2.49. The van der Waals surface area contributed by atoms with Crippen molar-refractivity contribution in [2.45, 2.75) is 32.9 Å². The highest BCUT2D eigenvalue weighted by Crippen LogP contribution is 2.41. The molecular weight excluding hydrogens is 374 g/mol. The molecule has 1 N–H and O–H groups in total. The van der Waals surface area contributed by atoms with Crippen molar-refractivity contribution >= 4 is 22.4 Å². The number of fused-ring (bicyclic) bond motifs is 2. The Hall–Kier alpha value is -2.99. The van der Waals surface area contributed by atoms with Gasteiger partial charge in [0.25, 0.3) is 0 Å². The smallest absolute Gasteiger partial charge is 0.230 e. The second-order valence-electron chi connectivity index (χ2n) is 8.13. The van der Waals surface area contributed by atoms with E-state index in [0.29, 0.717) is 13.1 Å². The fraction of sp³-hybridized carbons (Fsp3) is 0.375. The lowest BCUT2D eigenvalue weighted by atomic mass is 9.79.